The minimum Gasteiger partial charge on any atom is -0.481 e. The Kier molecular flexibility index (Phi) is 4.25. The molecule has 0 atom stereocenters. The van der Waals surface area contributed by atoms with Gasteiger partial charge in [0.15, 0.2) is 0 Å². The van der Waals surface area contributed by atoms with E-state index in [1.54, 1.807) is 0 Å². The summed E-state index contributed by atoms with van der Waals surface area (Å²) in [5.74, 6) is -1.65. The Morgan fingerprint density at radius 2 is 2.00 bits per heavy atom. The van der Waals surface area contributed by atoms with Crippen LogP contribution in [-0.4, -0.2) is 16.1 Å². The van der Waals surface area contributed by atoms with E-state index in [0.717, 1.165) is 0 Å². The molecule has 1 aromatic rings. The van der Waals surface area contributed by atoms with Gasteiger partial charge in [0.1, 0.15) is 10.3 Å². The first-order chi connectivity index (χ1) is 8.12. The Morgan fingerprint density at radius 1 is 1.44 bits per heavy atom. The third-order valence-electron chi connectivity index (χ3n) is 1.97. The van der Waals surface area contributed by atoms with Gasteiger partial charge >= 0.3 is 12.1 Å². The summed E-state index contributed by atoms with van der Waals surface area (Å²) in [5.41, 5.74) is -3.63. The highest BCUT2D eigenvalue weighted by Gasteiger charge is 2.37. The van der Waals surface area contributed by atoms with Crippen LogP contribution in [0.2, 0.25) is 0 Å². The van der Waals surface area contributed by atoms with Gasteiger partial charge < -0.3 is 5.11 Å². The van der Waals surface area contributed by atoms with Crippen LogP contribution in [0, 0.1) is 0 Å². The Morgan fingerprint density at radius 3 is 2.39 bits per heavy atom. The lowest BCUT2D eigenvalue weighted by Crippen LogP contribution is -2.16. The molecule has 0 saturated carbocycles. The molecule has 0 saturated heterocycles. The maximum atomic E-state index is 12.6. The minimum absolute atomic E-state index is 0.431. The number of carboxylic acids is 1. The van der Waals surface area contributed by atoms with Crippen molar-refractivity contribution in [3.63, 3.8) is 0 Å². The Hall–Kier alpha value is -1.25. The highest BCUT2D eigenvalue weighted by atomic mass is 79.9. The number of pyridine rings is 1. The third kappa shape index (κ3) is 3.37. The molecule has 1 heterocycles. The van der Waals surface area contributed by atoms with Crippen molar-refractivity contribution < 1.29 is 31.9 Å². The number of aromatic nitrogens is 1. The Labute approximate surface area is 106 Å². The molecule has 1 rings (SSSR count). The van der Waals surface area contributed by atoms with Gasteiger partial charge in [-0.15, -0.1) is 0 Å². The van der Waals surface area contributed by atoms with Crippen molar-refractivity contribution in [2.45, 2.75) is 19.0 Å². The van der Waals surface area contributed by atoms with Gasteiger partial charge in [0.2, 0.25) is 0 Å². The number of hydrogen-bond acceptors (Lipinski definition) is 2. The summed E-state index contributed by atoms with van der Waals surface area (Å²) in [6, 6.07) is 0.476. The number of hydrogen-bond donors (Lipinski definition) is 1. The second-order valence-corrected chi connectivity index (χ2v) is 4.04. The molecule has 0 spiro atoms. The fourth-order valence-electron chi connectivity index (χ4n) is 1.33. The molecule has 3 nitrogen and oxygen atoms in total. The smallest absolute Gasteiger partial charge is 0.416 e. The molecule has 0 aliphatic carbocycles. The van der Waals surface area contributed by atoms with Gasteiger partial charge in [0.25, 0.3) is 6.43 Å². The van der Waals surface area contributed by atoms with Crippen molar-refractivity contribution in [2.24, 2.45) is 0 Å². The number of carboxylic acid groups (broad SMARTS) is 1. The van der Waals surface area contributed by atoms with E-state index in [1.165, 1.54) is 0 Å². The van der Waals surface area contributed by atoms with Gasteiger partial charge in [0, 0.05) is 5.56 Å². The number of aliphatic carboxylic acids is 1. The summed E-state index contributed by atoms with van der Waals surface area (Å²) in [5, 5.41) is 8.48. The molecular formula is C9H5BrF5NO2. The van der Waals surface area contributed by atoms with E-state index < -0.39 is 46.4 Å². The molecule has 0 unspecified atom stereocenters. The molecule has 0 fully saturated rings. The first kappa shape index (κ1) is 14.8. The summed E-state index contributed by atoms with van der Waals surface area (Å²) in [6.07, 6.45) is -9.40. The maximum absolute atomic E-state index is 12.6. The lowest BCUT2D eigenvalue weighted by atomic mass is 10.0. The highest BCUT2D eigenvalue weighted by Crippen LogP contribution is 2.37. The van der Waals surface area contributed by atoms with E-state index in [1.807, 2.05) is 0 Å². The summed E-state index contributed by atoms with van der Waals surface area (Å²) in [4.78, 5) is 13.7. The summed E-state index contributed by atoms with van der Waals surface area (Å²) < 4.78 is 62.6. The molecular weight excluding hydrogens is 329 g/mol. The van der Waals surface area contributed by atoms with Crippen molar-refractivity contribution in [3.05, 3.63) is 27.5 Å². The average molecular weight is 334 g/mol. The molecule has 0 radical (unpaired) electrons. The standard InChI is InChI=1S/C9H5BrF5NO2/c10-5-2-4(9(13,14)15)3(1-6(17)18)7(16-5)8(11)12/h2,8H,1H2,(H,17,18). The van der Waals surface area contributed by atoms with Crippen LogP contribution in [0.25, 0.3) is 0 Å². The molecule has 1 aromatic heterocycles. The topological polar surface area (TPSA) is 50.2 Å². The number of carbonyl (C=O) groups is 1. The van der Waals surface area contributed by atoms with Crippen LogP contribution in [-0.2, 0) is 17.4 Å². The molecule has 0 amide bonds. The van der Waals surface area contributed by atoms with Gasteiger partial charge in [-0.25, -0.2) is 13.8 Å². The van der Waals surface area contributed by atoms with Gasteiger partial charge in [-0.2, -0.15) is 13.2 Å². The van der Waals surface area contributed by atoms with Crippen molar-refractivity contribution >= 4 is 21.9 Å². The molecule has 0 aliphatic heterocycles. The molecule has 1 N–H and O–H groups in total. The number of rotatable bonds is 3. The van der Waals surface area contributed by atoms with Gasteiger partial charge in [-0.05, 0) is 22.0 Å². The quantitative estimate of drug-likeness (QED) is 0.681. The lowest BCUT2D eigenvalue weighted by molar-refractivity contribution is -0.140. The second-order valence-electron chi connectivity index (χ2n) is 3.23. The molecule has 0 aromatic carbocycles. The lowest BCUT2D eigenvalue weighted by Gasteiger charge is -2.15. The summed E-state index contributed by atoms with van der Waals surface area (Å²) in [7, 11) is 0. The van der Waals surface area contributed by atoms with Gasteiger partial charge in [-0.1, -0.05) is 0 Å². The number of halogens is 6. The summed E-state index contributed by atoms with van der Waals surface area (Å²) in [6.45, 7) is 0. The highest BCUT2D eigenvalue weighted by molar-refractivity contribution is 9.10. The van der Waals surface area contributed by atoms with Crippen molar-refractivity contribution in [1.29, 1.82) is 0 Å². The fourth-order valence-corrected chi connectivity index (χ4v) is 1.75. The number of nitrogens with zero attached hydrogens (tertiary/aromatic N) is 1. The van der Waals surface area contributed by atoms with E-state index in [-0.39, 0.29) is 0 Å². The predicted octanol–water partition coefficient (Wildman–Crippen LogP) is 3.43. The van der Waals surface area contributed by atoms with E-state index in [4.69, 9.17) is 5.11 Å². The van der Waals surface area contributed by atoms with Gasteiger partial charge in [-0.3, -0.25) is 4.79 Å². The van der Waals surface area contributed by atoms with Crippen molar-refractivity contribution in [1.82, 2.24) is 4.98 Å². The monoisotopic (exact) mass is 333 g/mol. The van der Waals surface area contributed by atoms with Crippen LogP contribution < -0.4 is 0 Å². The van der Waals surface area contributed by atoms with Crippen LogP contribution >= 0.6 is 15.9 Å². The molecule has 9 heteroatoms. The molecule has 100 valence electrons. The molecule has 0 aliphatic rings. The van der Waals surface area contributed by atoms with Crippen LogP contribution in [0.3, 0.4) is 0 Å². The van der Waals surface area contributed by atoms with Gasteiger partial charge in [0.05, 0.1) is 12.0 Å². The van der Waals surface area contributed by atoms with Crippen molar-refractivity contribution in [3.8, 4) is 0 Å². The Bertz CT molecular complexity index is 475. The van der Waals surface area contributed by atoms with Crippen LogP contribution in [0.4, 0.5) is 22.0 Å². The molecule has 0 bridgehead atoms. The van der Waals surface area contributed by atoms with E-state index in [2.05, 4.69) is 20.9 Å². The van der Waals surface area contributed by atoms with E-state index >= 15 is 0 Å². The summed E-state index contributed by atoms with van der Waals surface area (Å²) >= 11 is 2.58. The van der Waals surface area contributed by atoms with E-state index in [9.17, 15) is 26.7 Å². The zero-order chi connectivity index (χ0) is 14.1. The maximum Gasteiger partial charge on any atom is 0.416 e. The first-order valence-corrected chi connectivity index (χ1v) is 5.18. The van der Waals surface area contributed by atoms with E-state index in [0.29, 0.717) is 6.07 Å². The average Bonchev–Trinajstić information content (AvgIpc) is 2.17. The predicted molar refractivity (Wildman–Crippen MR) is 53.2 cm³/mol. The zero-order valence-electron chi connectivity index (χ0n) is 8.43. The SMILES string of the molecule is O=C(O)Cc1c(C(F)(F)F)cc(Br)nc1C(F)F. The zero-order valence-corrected chi connectivity index (χ0v) is 10.0. The normalized spacial score (nSPS) is 11.9. The third-order valence-corrected chi connectivity index (χ3v) is 2.37. The van der Waals surface area contributed by atoms with Crippen LogP contribution in [0.1, 0.15) is 23.2 Å². The first-order valence-electron chi connectivity index (χ1n) is 4.39. The van der Waals surface area contributed by atoms with Crippen LogP contribution in [0.5, 0.6) is 0 Å². The minimum atomic E-state index is -4.93. The second kappa shape index (κ2) is 5.17. The van der Waals surface area contributed by atoms with Crippen LogP contribution in [0.15, 0.2) is 10.7 Å². The largest absolute Gasteiger partial charge is 0.481 e. The number of alkyl halides is 5. The van der Waals surface area contributed by atoms with Crippen molar-refractivity contribution in [2.75, 3.05) is 0 Å². The fraction of sp³-hybridized carbons (Fsp3) is 0.333. The Balaban J connectivity index is 3.52. The molecule has 18 heavy (non-hydrogen) atoms.